The molecule has 1 heterocycles. The minimum atomic E-state index is -0.0883. The van der Waals surface area contributed by atoms with Gasteiger partial charge in [0.1, 0.15) is 0 Å². The highest BCUT2D eigenvalue weighted by atomic mass is 16.4. The Kier molecular flexibility index (Phi) is 5.43. The second kappa shape index (κ2) is 7.93. The van der Waals surface area contributed by atoms with Crippen molar-refractivity contribution in [2.45, 2.75) is 20.4 Å². The molecule has 2 aromatic carbocycles. The fraction of sp³-hybridized carbons (Fsp3) is 0.250. The van der Waals surface area contributed by atoms with Gasteiger partial charge in [0, 0.05) is 11.3 Å². The lowest BCUT2D eigenvalue weighted by Crippen LogP contribution is -2.29. The largest absolute Gasteiger partial charge is 0.419 e. The fourth-order valence-electron chi connectivity index (χ4n) is 2.50. The highest BCUT2D eigenvalue weighted by Crippen LogP contribution is 2.18. The molecule has 1 aromatic heterocycles. The van der Waals surface area contributed by atoms with Crippen LogP contribution in [0.1, 0.15) is 17.0 Å². The number of aryl methyl sites for hydroxylation is 2. The van der Waals surface area contributed by atoms with E-state index in [4.69, 9.17) is 4.42 Å². The van der Waals surface area contributed by atoms with Crippen LogP contribution in [0.4, 0.5) is 5.69 Å². The van der Waals surface area contributed by atoms with Gasteiger partial charge in [-0.25, -0.2) is 0 Å². The Balaban J connectivity index is 1.54. The number of nitrogens with zero attached hydrogens (tertiary/aromatic N) is 3. The van der Waals surface area contributed by atoms with Crippen LogP contribution in [0.5, 0.6) is 0 Å². The summed E-state index contributed by atoms with van der Waals surface area (Å²) in [4.78, 5) is 14.0. The number of anilines is 1. The maximum Gasteiger partial charge on any atom is 0.247 e. The van der Waals surface area contributed by atoms with Crippen molar-refractivity contribution >= 4 is 11.6 Å². The third-order valence-corrected chi connectivity index (χ3v) is 3.92. The van der Waals surface area contributed by atoms with Crippen molar-refractivity contribution < 1.29 is 9.21 Å². The summed E-state index contributed by atoms with van der Waals surface area (Å²) < 4.78 is 5.70. The normalized spacial score (nSPS) is 10.9. The second-order valence-electron chi connectivity index (χ2n) is 6.45. The van der Waals surface area contributed by atoms with Gasteiger partial charge in [-0.1, -0.05) is 35.4 Å². The van der Waals surface area contributed by atoms with Crippen molar-refractivity contribution in [1.82, 2.24) is 15.1 Å². The molecular formula is C20H22N4O2. The summed E-state index contributed by atoms with van der Waals surface area (Å²) in [5.41, 5.74) is 4.00. The maximum atomic E-state index is 12.1. The minimum Gasteiger partial charge on any atom is -0.419 e. The number of likely N-dealkylation sites (N-methyl/N-ethyl adjacent to an activating group) is 1. The zero-order chi connectivity index (χ0) is 18.5. The molecule has 0 bridgehead atoms. The molecule has 3 rings (SSSR count). The van der Waals surface area contributed by atoms with Crippen molar-refractivity contribution in [3.8, 4) is 11.5 Å². The lowest BCUT2D eigenvalue weighted by Gasteiger charge is -2.14. The van der Waals surface area contributed by atoms with Gasteiger partial charge in [-0.3, -0.25) is 9.69 Å². The van der Waals surface area contributed by atoms with Crippen molar-refractivity contribution in [1.29, 1.82) is 0 Å². The van der Waals surface area contributed by atoms with E-state index in [2.05, 4.69) is 15.5 Å². The van der Waals surface area contributed by atoms with Gasteiger partial charge in [0.2, 0.25) is 17.7 Å². The number of carbonyl (C=O) groups excluding carboxylic acids is 1. The zero-order valence-corrected chi connectivity index (χ0v) is 15.2. The minimum absolute atomic E-state index is 0.0883. The van der Waals surface area contributed by atoms with Crippen LogP contribution in [-0.4, -0.2) is 34.6 Å². The van der Waals surface area contributed by atoms with Gasteiger partial charge in [-0.2, -0.15) is 0 Å². The monoisotopic (exact) mass is 350 g/mol. The fourth-order valence-corrected chi connectivity index (χ4v) is 2.50. The van der Waals surface area contributed by atoms with E-state index in [0.717, 1.165) is 16.8 Å². The van der Waals surface area contributed by atoms with Crippen LogP contribution < -0.4 is 5.32 Å². The van der Waals surface area contributed by atoms with Gasteiger partial charge < -0.3 is 9.73 Å². The van der Waals surface area contributed by atoms with Crippen LogP contribution in [0.2, 0.25) is 0 Å². The molecule has 1 amide bonds. The highest BCUT2D eigenvalue weighted by molar-refractivity contribution is 5.92. The Bertz CT molecular complexity index is 870. The summed E-state index contributed by atoms with van der Waals surface area (Å²) in [5.74, 6) is 0.873. The first-order valence-corrected chi connectivity index (χ1v) is 8.44. The maximum absolute atomic E-state index is 12.1. The van der Waals surface area contributed by atoms with E-state index >= 15 is 0 Å². The van der Waals surface area contributed by atoms with Gasteiger partial charge in [0.15, 0.2) is 0 Å². The second-order valence-corrected chi connectivity index (χ2v) is 6.45. The van der Waals surface area contributed by atoms with Crippen LogP contribution in [0.3, 0.4) is 0 Å². The van der Waals surface area contributed by atoms with Crippen LogP contribution in [-0.2, 0) is 11.3 Å². The Morgan fingerprint density at radius 1 is 1.00 bits per heavy atom. The standard InChI is InChI=1S/C20H22N4O2/c1-14-4-8-16(9-5-14)20-23-22-19(26-20)13-24(3)12-18(25)21-17-10-6-15(2)7-11-17/h4-11H,12-13H2,1-3H3,(H,21,25). The van der Waals surface area contributed by atoms with Gasteiger partial charge >= 0.3 is 0 Å². The van der Waals surface area contributed by atoms with Gasteiger partial charge in [0.05, 0.1) is 13.1 Å². The molecule has 0 spiro atoms. The van der Waals surface area contributed by atoms with Crippen molar-refractivity contribution in [3.63, 3.8) is 0 Å². The van der Waals surface area contributed by atoms with Gasteiger partial charge in [-0.05, 0) is 45.2 Å². The number of benzene rings is 2. The number of amides is 1. The highest BCUT2D eigenvalue weighted by Gasteiger charge is 2.13. The summed E-state index contributed by atoms with van der Waals surface area (Å²) >= 11 is 0. The van der Waals surface area contributed by atoms with Crippen LogP contribution >= 0.6 is 0 Å². The van der Waals surface area contributed by atoms with Crippen molar-refractivity contribution in [3.05, 3.63) is 65.5 Å². The van der Waals surface area contributed by atoms with Crippen LogP contribution in [0.25, 0.3) is 11.5 Å². The Morgan fingerprint density at radius 3 is 2.27 bits per heavy atom. The first-order chi connectivity index (χ1) is 12.5. The number of rotatable bonds is 6. The number of carbonyl (C=O) groups is 1. The molecule has 0 saturated heterocycles. The topological polar surface area (TPSA) is 71.3 Å². The number of nitrogens with one attached hydrogen (secondary N) is 1. The molecule has 0 aliphatic rings. The molecule has 0 aliphatic carbocycles. The molecular weight excluding hydrogens is 328 g/mol. The van der Waals surface area contributed by atoms with Crippen LogP contribution in [0, 0.1) is 13.8 Å². The summed E-state index contributed by atoms with van der Waals surface area (Å²) in [6.45, 7) is 4.67. The molecule has 0 aliphatic heterocycles. The first-order valence-electron chi connectivity index (χ1n) is 8.44. The molecule has 0 fully saturated rings. The third kappa shape index (κ3) is 4.77. The van der Waals surface area contributed by atoms with E-state index in [9.17, 15) is 4.79 Å². The summed E-state index contributed by atoms with van der Waals surface area (Å²) in [6, 6.07) is 15.6. The number of hydrogen-bond donors (Lipinski definition) is 1. The molecule has 1 N–H and O–H groups in total. The van der Waals surface area contributed by atoms with Gasteiger partial charge in [0.25, 0.3) is 0 Å². The van der Waals surface area contributed by atoms with E-state index in [1.165, 1.54) is 5.56 Å². The summed E-state index contributed by atoms with van der Waals surface area (Å²) in [5, 5.41) is 11.0. The molecule has 3 aromatic rings. The van der Waals surface area contributed by atoms with Gasteiger partial charge in [-0.15, -0.1) is 10.2 Å². The predicted octanol–water partition coefficient (Wildman–Crippen LogP) is 3.42. The van der Waals surface area contributed by atoms with E-state index in [1.807, 2.05) is 74.3 Å². The third-order valence-electron chi connectivity index (χ3n) is 3.92. The Hall–Kier alpha value is -2.99. The van der Waals surface area contributed by atoms with Crippen molar-refractivity contribution in [2.75, 3.05) is 18.9 Å². The molecule has 6 nitrogen and oxygen atoms in total. The van der Waals surface area contributed by atoms with E-state index in [1.54, 1.807) is 0 Å². The zero-order valence-electron chi connectivity index (χ0n) is 15.2. The molecule has 26 heavy (non-hydrogen) atoms. The molecule has 0 saturated carbocycles. The lowest BCUT2D eigenvalue weighted by atomic mass is 10.1. The molecule has 0 atom stereocenters. The molecule has 0 unspecified atom stereocenters. The molecule has 134 valence electrons. The summed E-state index contributed by atoms with van der Waals surface area (Å²) in [6.07, 6.45) is 0. The average molecular weight is 350 g/mol. The Labute approximate surface area is 152 Å². The molecule has 0 radical (unpaired) electrons. The van der Waals surface area contributed by atoms with Crippen LogP contribution in [0.15, 0.2) is 52.9 Å². The number of aromatic nitrogens is 2. The quantitative estimate of drug-likeness (QED) is 0.737. The lowest BCUT2D eigenvalue weighted by molar-refractivity contribution is -0.117. The molecule has 6 heteroatoms. The predicted molar refractivity (Wildman–Crippen MR) is 101 cm³/mol. The van der Waals surface area contributed by atoms with Crippen molar-refractivity contribution in [2.24, 2.45) is 0 Å². The average Bonchev–Trinajstić information content (AvgIpc) is 3.05. The first kappa shape index (κ1) is 17.8. The SMILES string of the molecule is Cc1ccc(NC(=O)CN(C)Cc2nnc(-c3ccc(C)cc3)o2)cc1. The Morgan fingerprint density at radius 2 is 1.62 bits per heavy atom. The van der Waals surface area contributed by atoms with E-state index < -0.39 is 0 Å². The van der Waals surface area contributed by atoms with E-state index in [-0.39, 0.29) is 12.5 Å². The summed E-state index contributed by atoms with van der Waals surface area (Å²) in [7, 11) is 1.84. The smallest absolute Gasteiger partial charge is 0.247 e. The van der Waals surface area contributed by atoms with E-state index in [0.29, 0.717) is 18.3 Å². The number of hydrogen-bond acceptors (Lipinski definition) is 5.